The summed E-state index contributed by atoms with van der Waals surface area (Å²) in [6.07, 6.45) is 0.198. The first-order valence-electron chi connectivity index (χ1n) is 8.18. The van der Waals surface area contributed by atoms with E-state index < -0.39 is 17.9 Å². The van der Waals surface area contributed by atoms with E-state index in [1.165, 1.54) is 26.0 Å². The molecule has 0 radical (unpaired) electrons. The number of thioether (sulfide) groups is 1. The molecule has 7 nitrogen and oxygen atoms in total. The number of benzene rings is 1. The Hall–Kier alpha value is -2.22. The van der Waals surface area contributed by atoms with Crippen molar-refractivity contribution in [2.45, 2.75) is 32.9 Å². The van der Waals surface area contributed by atoms with E-state index >= 15 is 0 Å². The second-order valence-corrected chi connectivity index (χ2v) is 7.40. The van der Waals surface area contributed by atoms with E-state index in [1.54, 1.807) is 19.1 Å². The average Bonchev–Trinajstić information content (AvgIpc) is 2.62. The Bertz CT molecular complexity index is 720. The van der Waals surface area contributed by atoms with Gasteiger partial charge in [-0.05, 0) is 23.3 Å². The molecule has 0 saturated heterocycles. The first-order valence-corrected chi connectivity index (χ1v) is 9.17. The molecule has 1 unspecified atom stereocenters. The van der Waals surface area contributed by atoms with Crippen molar-refractivity contribution in [1.82, 2.24) is 4.90 Å². The van der Waals surface area contributed by atoms with Gasteiger partial charge in [-0.3, -0.25) is 9.59 Å². The predicted octanol–water partition coefficient (Wildman–Crippen LogP) is 1.96. The number of carbonyl (C=O) groups is 3. The number of hydrogen-bond donors (Lipinski definition) is 1. The van der Waals surface area contributed by atoms with Crippen LogP contribution in [0.15, 0.2) is 12.1 Å². The molecule has 142 valence electrons. The summed E-state index contributed by atoms with van der Waals surface area (Å²) in [5.41, 5.74) is 1.66. The zero-order valence-corrected chi connectivity index (χ0v) is 16.1. The Morgan fingerprint density at radius 3 is 2.31 bits per heavy atom. The number of ether oxygens (including phenoxy) is 2. The number of amides is 1. The van der Waals surface area contributed by atoms with E-state index in [-0.39, 0.29) is 24.0 Å². The van der Waals surface area contributed by atoms with E-state index in [9.17, 15) is 19.5 Å². The number of nitrogens with zero attached hydrogens (tertiary/aromatic N) is 1. The van der Waals surface area contributed by atoms with Gasteiger partial charge in [0.05, 0.1) is 14.2 Å². The minimum Gasteiger partial charge on any atom is -0.493 e. The second kappa shape index (κ2) is 8.44. The number of carbonyl (C=O) groups excluding carboxylic acids is 2. The Kier molecular flexibility index (Phi) is 6.52. The van der Waals surface area contributed by atoms with Crippen LogP contribution in [-0.4, -0.2) is 53.0 Å². The van der Waals surface area contributed by atoms with Crippen LogP contribution >= 0.6 is 11.8 Å². The van der Waals surface area contributed by atoms with Gasteiger partial charge < -0.3 is 19.5 Å². The number of fused-ring (bicyclic) bond motifs is 1. The van der Waals surface area contributed by atoms with Crippen molar-refractivity contribution in [2.24, 2.45) is 5.92 Å². The molecule has 1 aromatic rings. The van der Waals surface area contributed by atoms with E-state index in [1.807, 2.05) is 0 Å². The van der Waals surface area contributed by atoms with Gasteiger partial charge in [0.1, 0.15) is 6.04 Å². The Labute approximate surface area is 156 Å². The van der Waals surface area contributed by atoms with Gasteiger partial charge in [-0.25, -0.2) is 4.79 Å². The normalized spacial score (nSPS) is 17.2. The summed E-state index contributed by atoms with van der Waals surface area (Å²) < 4.78 is 10.6. The number of methoxy groups -OCH3 is 2. The molecule has 0 bridgehead atoms. The van der Waals surface area contributed by atoms with Gasteiger partial charge in [0, 0.05) is 31.6 Å². The Balaban J connectivity index is 2.31. The maximum absolute atomic E-state index is 12.8. The van der Waals surface area contributed by atoms with Crippen LogP contribution in [0.1, 0.15) is 25.0 Å². The lowest BCUT2D eigenvalue weighted by Gasteiger charge is -2.36. The highest BCUT2D eigenvalue weighted by atomic mass is 32.2. The monoisotopic (exact) mass is 381 g/mol. The minimum atomic E-state index is -1.05. The summed E-state index contributed by atoms with van der Waals surface area (Å²) in [6, 6.07) is 2.60. The maximum atomic E-state index is 12.8. The van der Waals surface area contributed by atoms with Gasteiger partial charge in [-0.1, -0.05) is 18.7 Å². The highest BCUT2D eigenvalue weighted by molar-refractivity contribution is 8.13. The first-order chi connectivity index (χ1) is 12.3. The second-order valence-electron chi connectivity index (χ2n) is 6.20. The third-order valence-electron chi connectivity index (χ3n) is 4.36. The molecule has 0 aliphatic carbocycles. The fourth-order valence-electron chi connectivity index (χ4n) is 2.96. The van der Waals surface area contributed by atoms with Gasteiger partial charge in [-0.15, -0.1) is 0 Å². The van der Waals surface area contributed by atoms with Crippen molar-refractivity contribution in [3.05, 3.63) is 23.3 Å². The molecule has 0 aromatic heterocycles. The van der Waals surface area contributed by atoms with Crippen molar-refractivity contribution in [1.29, 1.82) is 0 Å². The summed E-state index contributed by atoms with van der Waals surface area (Å²) in [5.74, 6) is -0.381. The average molecular weight is 381 g/mol. The van der Waals surface area contributed by atoms with Crippen LogP contribution in [0.4, 0.5) is 0 Å². The fraction of sp³-hybridized carbons (Fsp3) is 0.500. The molecule has 1 aromatic carbocycles. The number of carboxylic acids is 1. The quantitative estimate of drug-likeness (QED) is 0.805. The van der Waals surface area contributed by atoms with Crippen LogP contribution in [0.3, 0.4) is 0 Å². The molecule has 0 fully saturated rings. The van der Waals surface area contributed by atoms with E-state index in [4.69, 9.17) is 9.47 Å². The third kappa shape index (κ3) is 4.30. The molecule has 1 aliphatic rings. The Morgan fingerprint density at radius 1 is 1.23 bits per heavy atom. The molecule has 1 aliphatic heterocycles. The van der Waals surface area contributed by atoms with Gasteiger partial charge in [-0.2, -0.15) is 0 Å². The first kappa shape index (κ1) is 20.1. The van der Waals surface area contributed by atoms with Gasteiger partial charge in [0.15, 0.2) is 16.6 Å². The predicted molar refractivity (Wildman–Crippen MR) is 97.5 cm³/mol. The van der Waals surface area contributed by atoms with Crippen LogP contribution in [-0.2, 0) is 27.3 Å². The molecule has 8 heteroatoms. The summed E-state index contributed by atoms with van der Waals surface area (Å²) in [6.45, 7) is 3.33. The van der Waals surface area contributed by atoms with Gasteiger partial charge in [0.25, 0.3) is 0 Å². The van der Waals surface area contributed by atoms with Gasteiger partial charge in [0.2, 0.25) is 5.91 Å². The van der Waals surface area contributed by atoms with Crippen LogP contribution < -0.4 is 9.47 Å². The number of aliphatic carboxylic acids is 1. The minimum absolute atomic E-state index is 0.0692. The lowest BCUT2D eigenvalue weighted by Crippen LogP contribution is -2.50. The zero-order chi connectivity index (χ0) is 19.4. The number of carboxylic acid groups (broad SMARTS) is 1. The Morgan fingerprint density at radius 2 is 1.81 bits per heavy atom. The summed E-state index contributed by atoms with van der Waals surface area (Å²) >= 11 is 1.07. The standard InChI is InChI=1S/C18H23NO6S/c1-10(9-26-11(2)20)17(21)19-8-13-7-16(25-4)15(24-3)6-12(13)5-14(19)18(22)23/h6-7,10,14H,5,8-9H2,1-4H3,(H,22,23)/t10?,14-/m0/s1. The van der Waals surface area contributed by atoms with Crippen molar-refractivity contribution >= 4 is 28.8 Å². The van der Waals surface area contributed by atoms with Crippen molar-refractivity contribution in [2.75, 3.05) is 20.0 Å². The molecule has 1 heterocycles. The highest BCUT2D eigenvalue weighted by Gasteiger charge is 2.37. The number of rotatable bonds is 6. The van der Waals surface area contributed by atoms with Crippen LogP contribution in [0, 0.1) is 5.92 Å². The lowest BCUT2D eigenvalue weighted by atomic mass is 9.92. The van der Waals surface area contributed by atoms with E-state index in [0.29, 0.717) is 17.3 Å². The summed E-state index contributed by atoms with van der Waals surface area (Å²) in [4.78, 5) is 37.0. The lowest BCUT2D eigenvalue weighted by molar-refractivity contribution is -0.152. The molecule has 0 spiro atoms. The molecular formula is C18H23NO6S. The van der Waals surface area contributed by atoms with Gasteiger partial charge >= 0.3 is 5.97 Å². The molecule has 2 rings (SSSR count). The molecule has 0 saturated carbocycles. The van der Waals surface area contributed by atoms with E-state index in [2.05, 4.69) is 0 Å². The molecule has 26 heavy (non-hydrogen) atoms. The van der Waals surface area contributed by atoms with Crippen molar-refractivity contribution in [3.8, 4) is 11.5 Å². The topological polar surface area (TPSA) is 93.1 Å². The number of hydrogen-bond acceptors (Lipinski definition) is 6. The zero-order valence-electron chi connectivity index (χ0n) is 15.3. The van der Waals surface area contributed by atoms with Crippen LogP contribution in [0.5, 0.6) is 11.5 Å². The van der Waals surface area contributed by atoms with E-state index in [0.717, 1.165) is 22.9 Å². The van der Waals surface area contributed by atoms with Crippen molar-refractivity contribution < 1.29 is 29.0 Å². The fourth-order valence-corrected chi connectivity index (χ4v) is 3.59. The summed E-state index contributed by atoms with van der Waals surface area (Å²) in [7, 11) is 3.04. The molecule has 1 amide bonds. The SMILES string of the molecule is COc1cc2c(cc1OC)CN(C(=O)C(C)CSC(C)=O)[C@H](C(=O)O)C2. The molecular weight excluding hydrogens is 358 g/mol. The smallest absolute Gasteiger partial charge is 0.326 e. The highest BCUT2D eigenvalue weighted by Crippen LogP contribution is 2.35. The third-order valence-corrected chi connectivity index (χ3v) is 5.44. The maximum Gasteiger partial charge on any atom is 0.326 e. The molecule has 1 N–H and O–H groups in total. The van der Waals surface area contributed by atoms with Crippen molar-refractivity contribution in [3.63, 3.8) is 0 Å². The summed E-state index contributed by atoms with van der Waals surface area (Å²) in [5, 5.41) is 9.53. The van der Waals surface area contributed by atoms with Crippen LogP contribution in [0.2, 0.25) is 0 Å². The largest absolute Gasteiger partial charge is 0.493 e. The molecule has 2 atom stereocenters. The van der Waals surface area contributed by atoms with Crippen LogP contribution in [0.25, 0.3) is 0 Å².